The number of amides is 3. The Morgan fingerprint density at radius 1 is 1.03 bits per heavy atom. The Bertz CT molecular complexity index is 1580. The first-order valence-corrected chi connectivity index (χ1v) is 13.0. The van der Waals surface area contributed by atoms with E-state index in [4.69, 9.17) is 9.15 Å². The Morgan fingerprint density at radius 2 is 1.76 bits per heavy atom. The number of nitrogens with zero attached hydrogens (tertiary/aromatic N) is 1. The second kappa shape index (κ2) is 10.8. The average molecular weight is 640 g/mol. The van der Waals surface area contributed by atoms with Gasteiger partial charge in [0.1, 0.15) is 23.8 Å². The third kappa shape index (κ3) is 5.23. The number of urea groups is 1. The van der Waals surface area contributed by atoms with Gasteiger partial charge in [0.25, 0.3) is 5.91 Å². The van der Waals surface area contributed by atoms with Crippen molar-refractivity contribution in [1.82, 2.24) is 10.2 Å². The van der Waals surface area contributed by atoms with E-state index in [2.05, 4.69) is 60.1 Å². The number of fused-ring (bicyclic) bond motifs is 1. The van der Waals surface area contributed by atoms with Crippen molar-refractivity contribution < 1.29 is 28.3 Å². The van der Waals surface area contributed by atoms with E-state index in [1.807, 2.05) is 24.3 Å². The van der Waals surface area contributed by atoms with Crippen molar-refractivity contribution in [1.29, 1.82) is 0 Å². The highest BCUT2D eigenvalue weighted by molar-refractivity contribution is 9.11. The van der Waals surface area contributed by atoms with Gasteiger partial charge in [-0.25, -0.2) is 9.59 Å². The number of hydrogen-bond donors (Lipinski definition) is 1. The van der Waals surface area contributed by atoms with Gasteiger partial charge in [0.15, 0.2) is 0 Å². The largest absolute Gasteiger partial charge is 0.487 e. The molecule has 3 aromatic carbocycles. The second-order valence-electron chi connectivity index (χ2n) is 8.38. The van der Waals surface area contributed by atoms with Crippen molar-refractivity contribution in [3.8, 4) is 5.75 Å². The normalized spacial score (nSPS) is 14.3. The zero-order chi connectivity index (χ0) is 26.8. The lowest BCUT2D eigenvalue weighted by molar-refractivity contribution is -0.123. The number of imide groups is 1. The molecule has 4 aromatic rings. The Balaban J connectivity index is 1.31. The summed E-state index contributed by atoms with van der Waals surface area (Å²) in [7, 11) is 1.24. The Morgan fingerprint density at radius 3 is 2.53 bits per heavy atom. The molecule has 0 bridgehead atoms. The van der Waals surface area contributed by atoms with Crippen LogP contribution in [0.3, 0.4) is 0 Å². The standard InChI is InChI=1S/C28H20Br2N2O6/c1-36-27(34)24-10-9-19(38-24)14-32-26(33)23(31-28(32)35)13-16-11-21(29)25(22(30)12-16)37-15-18-7-4-6-17-5-2-3-8-20(17)18/h2-13H,14-15H2,1H3,(H,31,35)/b23-13-. The number of hydrogen-bond acceptors (Lipinski definition) is 6. The van der Waals surface area contributed by atoms with Crippen LogP contribution in [-0.2, 0) is 22.7 Å². The molecule has 38 heavy (non-hydrogen) atoms. The molecule has 8 nitrogen and oxygen atoms in total. The van der Waals surface area contributed by atoms with Crippen LogP contribution >= 0.6 is 31.9 Å². The molecule has 0 saturated carbocycles. The number of nitrogens with one attached hydrogen (secondary N) is 1. The number of ether oxygens (including phenoxy) is 2. The van der Waals surface area contributed by atoms with Gasteiger partial charge in [0, 0.05) is 0 Å². The molecule has 1 aliphatic heterocycles. The van der Waals surface area contributed by atoms with Crippen LogP contribution in [0.25, 0.3) is 16.8 Å². The van der Waals surface area contributed by atoms with E-state index in [1.165, 1.54) is 19.2 Å². The summed E-state index contributed by atoms with van der Waals surface area (Å²) >= 11 is 7.11. The molecule has 1 aliphatic rings. The summed E-state index contributed by atoms with van der Waals surface area (Å²) in [5.41, 5.74) is 1.83. The van der Waals surface area contributed by atoms with E-state index >= 15 is 0 Å². The summed E-state index contributed by atoms with van der Waals surface area (Å²) in [6.07, 6.45) is 1.58. The lowest BCUT2D eigenvalue weighted by Crippen LogP contribution is -2.30. The van der Waals surface area contributed by atoms with Crippen molar-refractivity contribution in [2.75, 3.05) is 7.11 Å². The van der Waals surface area contributed by atoms with E-state index in [9.17, 15) is 14.4 Å². The van der Waals surface area contributed by atoms with Gasteiger partial charge in [0.05, 0.1) is 22.6 Å². The molecule has 3 amide bonds. The van der Waals surface area contributed by atoms with E-state index in [-0.39, 0.29) is 23.8 Å². The van der Waals surface area contributed by atoms with Crippen molar-refractivity contribution >= 4 is 66.6 Å². The van der Waals surface area contributed by atoms with E-state index in [1.54, 1.807) is 18.2 Å². The topological polar surface area (TPSA) is 98.1 Å². The van der Waals surface area contributed by atoms with Crippen molar-refractivity contribution in [2.24, 2.45) is 0 Å². The SMILES string of the molecule is COC(=O)c1ccc(CN2C(=O)N/C(=C\c3cc(Br)c(OCc4cccc5ccccc45)c(Br)c3)C2=O)o1. The molecule has 1 N–H and O–H groups in total. The molecule has 0 atom stereocenters. The van der Waals surface area contributed by atoms with Crippen molar-refractivity contribution in [3.05, 3.63) is 104 Å². The molecular formula is C28H20Br2N2O6. The maximum atomic E-state index is 12.9. The molecule has 192 valence electrons. The first kappa shape index (κ1) is 25.7. The Hall–Kier alpha value is -3.89. The molecule has 10 heteroatoms. The Kier molecular flexibility index (Phi) is 7.35. The number of carbonyl (C=O) groups is 3. The van der Waals surface area contributed by atoms with Gasteiger partial charge in [-0.05, 0) is 84.1 Å². The summed E-state index contributed by atoms with van der Waals surface area (Å²) in [5, 5.41) is 4.85. The van der Waals surface area contributed by atoms with Crippen molar-refractivity contribution in [2.45, 2.75) is 13.2 Å². The fourth-order valence-corrected chi connectivity index (χ4v) is 5.53. The summed E-state index contributed by atoms with van der Waals surface area (Å²) in [4.78, 5) is 38.0. The monoisotopic (exact) mass is 638 g/mol. The van der Waals surface area contributed by atoms with Crippen LogP contribution in [0.5, 0.6) is 5.75 Å². The molecule has 5 rings (SSSR count). The number of carbonyl (C=O) groups excluding carboxylic acids is 3. The van der Waals surface area contributed by atoms with Gasteiger partial charge >= 0.3 is 12.0 Å². The predicted molar refractivity (Wildman–Crippen MR) is 147 cm³/mol. The summed E-state index contributed by atoms with van der Waals surface area (Å²) in [6.45, 7) is 0.236. The van der Waals surface area contributed by atoms with Gasteiger partial charge in [-0.15, -0.1) is 0 Å². The minimum atomic E-state index is -0.644. The van der Waals surface area contributed by atoms with Crippen LogP contribution in [0.2, 0.25) is 0 Å². The molecular weight excluding hydrogens is 620 g/mol. The Labute approximate surface area is 234 Å². The van der Waals surface area contributed by atoms with Crippen LogP contribution in [0.4, 0.5) is 4.79 Å². The van der Waals surface area contributed by atoms with Crippen LogP contribution in [0, 0.1) is 0 Å². The molecule has 1 aromatic heterocycles. The first-order valence-electron chi connectivity index (χ1n) is 11.4. The zero-order valence-corrected chi connectivity index (χ0v) is 23.2. The maximum Gasteiger partial charge on any atom is 0.373 e. The third-order valence-electron chi connectivity index (χ3n) is 5.91. The van der Waals surface area contributed by atoms with Gasteiger partial charge in [0.2, 0.25) is 5.76 Å². The first-order chi connectivity index (χ1) is 18.3. The summed E-state index contributed by atoms with van der Waals surface area (Å²) < 4.78 is 17.5. The number of furan rings is 1. The summed E-state index contributed by atoms with van der Waals surface area (Å²) in [6, 6.07) is 20.2. The molecule has 0 spiro atoms. The number of methoxy groups -OCH3 is 1. The van der Waals surface area contributed by atoms with Gasteiger partial charge in [-0.1, -0.05) is 42.5 Å². The highest BCUT2D eigenvalue weighted by Crippen LogP contribution is 2.36. The van der Waals surface area contributed by atoms with Crippen LogP contribution in [0.1, 0.15) is 27.4 Å². The number of rotatable bonds is 7. The smallest absolute Gasteiger partial charge is 0.373 e. The maximum absolute atomic E-state index is 12.9. The fraction of sp³-hybridized carbons (Fsp3) is 0.107. The molecule has 0 radical (unpaired) electrons. The van der Waals surface area contributed by atoms with Gasteiger partial charge in [-0.3, -0.25) is 9.69 Å². The van der Waals surface area contributed by atoms with Crippen LogP contribution < -0.4 is 10.1 Å². The molecule has 0 aliphatic carbocycles. The van der Waals surface area contributed by atoms with Crippen LogP contribution in [0.15, 0.2) is 85.8 Å². The molecule has 0 unspecified atom stereocenters. The number of benzene rings is 3. The fourth-order valence-electron chi connectivity index (χ4n) is 4.08. The highest BCUT2D eigenvalue weighted by Gasteiger charge is 2.34. The van der Waals surface area contributed by atoms with Gasteiger partial charge < -0.3 is 19.2 Å². The highest BCUT2D eigenvalue weighted by atomic mass is 79.9. The number of esters is 1. The lowest BCUT2D eigenvalue weighted by Gasteiger charge is -2.13. The molecule has 1 saturated heterocycles. The quantitative estimate of drug-likeness (QED) is 0.142. The minimum absolute atomic E-state index is 0.0113. The van der Waals surface area contributed by atoms with Crippen LogP contribution in [-0.4, -0.2) is 29.9 Å². The molecule has 1 fully saturated rings. The third-order valence-corrected chi connectivity index (χ3v) is 7.09. The second-order valence-corrected chi connectivity index (χ2v) is 10.1. The van der Waals surface area contributed by atoms with Gasteiger partial charge in [-0.2, -0.15) is 0 Å². The molecule has 2 heterocycles. The lowest BCUT2D eigenvalue weighted by atomic mass is 10.1. The van der Waals surface area contributed by atoms with E-state index in [0.717, 1.165) is 21.2 Å². The van der Waals surface area contributed by atoms with Crippen molar-refractivity contribution in [3.63, 3.8) is 0 Å². The minimum Gasteiger partial charge on any atom is -0.487 e. The number of halogens is 2. The van der Waals surface area contributed by atoms with E-state index < -0.39 is 17.9 Å². The summed E-state index contributed by atoms with van der Waals surface area (Å²) in [5.74, 6) is -0.289. The zero-order valence-electron chi connectivity index (χ0n) is 20.0. The average Bonchev–Trinajstić information content (AvgIpc) is 3.48. The van der Waals surface area contributed by atoms with E-state index in [0.29, 0.717) is 26.9 Å². The predicted octanol–water partition coefficient (Wildman–Crippen LogP) is 6.42.